The number of benzene rings is 1. The minimum absolute atomic E-state index is 0.0615. The zero-order valence-corrected chi connectivity index (χ0v) is 13.0. The average Bonchev–Trinajstić information content (AvgIpc) is 2.92. The number of amides is 1. The summed E-state index contributed by atoms with van der Waals surface area (Å²) in [6.45, 7) is -0.899. The summed E-state index contributed by atoms with van der Waals surface area (Å²) in [5.41, 5.74) is -0.146. The number of carbonyl (C=O) groups is 1. The molecule has 0 aliphatic carbocycles. The van der Waals surface area contributed by atoms with E-state index in [1.54, 1.807) is 30.3 Å². The molecule has 2 N–H and O–H groups in total. The van der Waals surface area contributed by atoms with E-state index >= 15 is 0 Å². The Labute approximate surface area is 140 Å². The largest absolute Gasteiger partial charge is 0.502 e. The molecule has 0 radical (unpaired) electrons. The normalized spacial score (nSPS) is 19.0. The van der Waals surface area contributed by atoms with Crippen molar-refractivity contribution in [3.8, 4) is 5.75 Å². The Kier molecular flexibility index (Phi) is 4.39. The van der Waals surface area contributed by atoms with Crippen molar-refractivity contribution in [3.63, 3.8) is 0 Å². The van der Waals surface area contributed by atoms with Crippen LogP contribution in [0.2, 0.25) is 0 Å². The highest BCUT2D eigenvalue weighted by Crippen LogP contribution is 2.40. The quantitative estimate of drug-likeness (QED) is 0.884. The van der Waals surface area contributed by atoms with Crippen LogP contribution in [0.15, 0.2) is 41.3 Å². The molecule has 3 rings (SSSR count). The maximum Gasteiger partial charge on any atom is 0.410 e. The highest BCUT2D eigenvalue weighted by molar-refractivity contribution is 5.69. The van der Waals surface area contributed by atoms with E-state index in [9.17, 15) is 23.5 Å². The van der Waals surface area contributed by atoms with Gasteiger partial charge in [-0.15, -0.1) is 0 Å². The number of hydrogen-bond acceptors (Lipinski definition) is 5. The SMILES string of the molecule is O=C(OCc1ccccc1)N1CC(F)(F)C[C@H]1c1ncc(O)c(=O)[nH]1. The summed E-state index contributed by atoms with van der Waals surface area (Å²) in [5, 5.41) is 9.21. The summed E-state index contributed by atoms with van der Waals surface area (Å²) in [6.07, 6.45) is -0.763. The molecule has 0 spiro atoms. The van der Waals surface area contributed by atoms with Crippen molar-refractivity contribution in [2.24, 2.45) is 0 Å². The van der Waals surface area contributed by atoms with Crippen molar-refractivity contribution >= 4 is 6.09 Å². The van der Waals surface area contributed by atoms with Gasteiger partial charge < -0.3 is 14.8 Å². The van der Waals surface area contributed by atoms with E-state index in [2.05, 4.69) is 9.97 Å². The zero-order valence-electron chi connectivity index (χ0n) is 13.0. The number of likely N-dealkylation sites (tertiary alicyclic amines) is 1. The zero-order chi connectivity index (χ0) is 18.0. The van der Waals surface area contributed by atoms with Crippen LogP contribution in [0, 0.1) is 0 Å². The van der Waals surface area contributed by atoms with Crippen LogP contribution in [0.4, 0.5) is 13.6 Å². The maximum absolute atomic E-state index is 13.8. The number of nitrogens with one attached hydrogen (secondary N) is 1. The van der Waals surface area contributed by atoms with Gasteiger partial charge in [0.2, 0.25) is 0 Å². The van der Waals surface area contributed by atoms with Crippen molar-refractivity contribution < 1.29 is 23.4 Å². The van der Waals surface area contributed by atoms with Gasteiger partial charge in [-0.05, 0) is 5.56 Å². The predicted molar refractivity (Wildman–Crippen MR) is 82.2 cm³/mol. The lowest BCUT2D eigenvalue weighted by Gasteiger charge is -2.22. The Morgan fingerprint density at radius 2 is 2.12 bits per heavy atom. The topological polar surface area (TPSA) is 95.5 Å². The fourth-order valence-corrected chi connectivity index (χ4v) is 2.63. The smallest absolute Gasteiger partial charge is 0.410 e. The molecule has 1 aliphatic rings. The number of ether oxygens (including phenoxy) is 1. The number of aromatic amines is 1. The molecule has 132 valence electrons. The minimum Gasteiger partial charge on any atom is -0.502 e. The summed E-state index contributed by atoms with van der Waals surface area (Å²) >= 11 is 0. The molecule has 2 heterocycles. The predicted octanol–water partition coefficient (Wildman–Crippen LogP) is 2.19. The van der Waals surface area contributed by atoms with Crippen LogP contribution in [0.5, 0.6) is 5.75 Å². The number of alkyl halides is 2. The van der Waals surface area contributed by atoms with E-state index in [4.69, 9.17) is 4.74 Å². The molecule has 9 heteroatoms. The van der Waals surface area contributed by atoms with Crippen LogP contribution in [0.3, 0.4) is 0 Å². The van der Waals surface area contributed by atoms with Crippen molar-refractivity contribution in [3.05, 3.63) is 58.3 Å². The van der Waals surface area contributed by atoms with Crippen LogP contribution in [0.1, 0.15) is 23.9 Å². The standard InChI is InChI=1S/C16H15F2N3O4/c17-16(18)6-11(13-19-7-12(22)14(23)20-13)21(9-16)15(24)25-8-10-4-2-1-3-5-10/h1-5,7,11,22H,6,8-9H2,(H,19,20,23)/t11-/m0/s1. The minimum atomic E-state index is -3.13. The van der Waals surface area contributed by atoms with Gasteiger partial charge in [0, 0.05) is 6.42 Å². The summed E-state index contributed by atoms with van der Waals surface area (Å²) in [7, 11) is 0. The Morgan fingerprint density at radius 1 is 1.40 bits per heavy atom. The Hall–Kier alpha value is -2.97. The number of carbonyl (C=O) groups excluding carboxylic acids is 1. The number of hydrogen-bond donors (Lipinski definition) is 2. The van der Waals surface area contributed by atoms with E-state index in [-0.39, 0.29) is 12.4 Å². The molecular weight excluding hydrogens is 336 g/mol. The number of nitrogens with zero attached hydrogens (tertiary/aromatic N) is 2. The van der Waals surface area contributed by atoms with Crippen molar-refractivity contribution in [1.82, 2.24) is 14.9 Å². The third-order valence-electron chi connectivity index (χ3n) is 3.83. The molecule has 0 bridgehead atoms. The molecule has 1 aromatic heterocycles. The lowest BCUT2D eigenvalue weighted by atomic mass is 10.2. The molecule has 1 atom stereocenters. The highest BCUT2D eigenvalue weighted by atomic mass is 19.3. The van der Waals surface area contributed by atoms with Crippen molar-refractivity contribution in [2.75, 3.05) is 6.54 Å². The van der Waals surface area contributed by atoms with E-state index in [0.717, 1.165) is 16.7 Å². The first-order valence-corrected chi connectivity index (χ1v) is 7.49. The van der Waals surface area contributed by atoms with Gasteiger partial charge in [-0.2, -0.15) is 0 Å². The molecular formula is C16H15F2N3O4. The molecule has 2 aromatic rings. The van der Waals surface area contributed by atoms with E-state index in [1.807, 2.05) is 0 Å². The highest BCUT2D eigenvalue weighted by Gasteiger charge is 2.49. The first-order valence-electron chi connectivity index (χ1n) is 7.49. The number of H-pyrrole nitrogens is 1. The fourth-order valence-electron chi connectivity index (χ4n) is 2.63. The van der Waals surface area contributed by atoms with Crippen LogP contribution < -0.4 is 5.56 Å². The Bertz CT molecular complexity index is 826. The van der Waals surface area contributed by atoms with Gasteiger partial charge in [0.05, 0.1) is 18.8 Å². The molecule has 1 aromatic carbocycles. The lowest BCUT2D eigenvalue weighted by Crippen LogP contribution is -2.34. The molecule has 7 nitrogen and oxygen atoms in total. The van der Waals surface area contributed by atoms with Crippen LogP contribution in [0.25, 0.3) is 0 Å². The van der Waals surface area contributed by atoms with E-state index < -0.39 is 42.3 Å². The second-order valence-corrected chi connectivity index (χ2v) is 5.73. The van der Waals surface area contributed by atoms with Gasteiger partial charge in [-0.3, -0.25) is 9.69 Å². The molecule has 1 amide bonds. The van der Waals surface area contributed by atoms with Crippen molar-refractivity contribution in [1.29, 1.82) is 0 Å². The lowest BCUT2D eigenvalue weighted by molar-refractivity contribution is 0.0101. The van der Waals surface area contributed by atoms with Crippen LogP contribution >= 0.6 is 0 Å². The number of halogens is 2. The molecule has 1 aliphatic heterocycles. The third kappa shape index (κ3) is 3.76. The monoisotopic (exact) mass is 351 g/mol. The van der Waals surface area contributed by atoms with E-state index in [1.165, 1.54) is 0 Å². The molecule has 25 heavy (non-hydrogen) atoms. The fraction of sp³-hybridized carbons (Fsp3) is 0.312. The van der Waals surface area contributed by atoms with Crippen LogP contribution in [-0.2, 0) is 11.3 Å². The number of rotatable bonds is 3. The second kappa shape index (κ2) is 6.50. The molecule has 0 unspecified atom stereocenters. The van der Waals surface area contributed by atoms with E-state index in [0.29, 0.717) is 0 Å². The summed E-state index contributed by atoms with van der Waals surface area (Å²) in [4.78, 5) is 30.5. The molecule has 1 saturated heterocycles. The summed E-state index contributed by atoms with van der Waals surface area (Å²) in [6, 6.07) is 7.66. The molecule has 0 saturated carbocycles. The first kappa shape index (κ1) is 16.9. The average molecular weight is 351 g/mol. The van der Waals surface area contributed by atoms with Gasteiger partial charge in [0.15, 0.2) is 5.75 Å². The van der Waals surface area contributed by atoms with Gasteiger partial charge in [0.1, 0.15) is 12.4 Å². The number of aromatic hydroxyl groups is 1. The van der Waals surface area contributed by atoms with Crippen molar-refractivity contribution in [2.45, 2.75) is 25.0 Å². The first-order chi connectivity index (χ1) is 11.9. The van der Waals surface area contributed by atoms with Crippen LogP contribution in [-0.4, -0.2) is 38.5 Å². The third-order valence-corrected chi connectivity index (χ3v) is 3.83. The molecule has 1 fully saturated rings. The Morgan fingerprint density at radius 3 is 2.80 bits per heavy atom. The Balaban J connectivity index is 1.78. The second-order valence-electron chi connectivity index (χ2n) is 5.73. The van der Waals surface area contributed by atoms with Gasteiger partial charge in [-0.1, -0.05) is 30.3 Å². The van der Waals surface area contributed by atoms with Gasteiger partial charge in [-0.25, -0.2) is 18.6 Å². The summed E-state index contributed by atoms with van der Waals surface area (Å²) < 4.78 is 32.7. The summed E-state index contributed by atoms with van der Waals surface area (Å²) in [5.74, 6) is -3.89. The van der Waals surface area contributed by atoms with Gasteiger partial charge in [0.25, 0.3) is 11.5 Å². The van der Waals surface area contributed by atoms with Gasteiger partial charge >= 0.3 is 6.09 Å². The maximum atomic E-state index is 13.8. The number of aromatic nitrogens is 2.